The zero-order valence-corrected chi connectivity index (χ0v) is 9.49. The van der Waals surface area contributed by atoms with Gasteiger partial charge in [-0.3, -0.25) is 0 Å². The molecule has 2 aromatic rings. The standard InChI is InChI=1S/C10H11NOS2/c1-2-12-8-5-14-10-6(8)3-4-7(11)9(10)13/h3-5,13H,2,11H2,1H3. The Hall–Kier alpha value is -0.870. The monoisotopic (exact) mass is 225 g/mol. The number of thiol groups is 1. The molecule has 0 atom stereocenters. The number of benzene rings is 1. The quantitative estimate of drug-likeness (QED) is 0.608. The summed E-state index contributed by atoms with van der Waals surface area (Å²) in [6.07, 6.45) is 0. The molecule has 74 valence electrons. The third-order valence-corrected chi connectivity index (χ3v) is 3.64. The van der Waals surface area contributed by atoms with Gasteiger partial charge in [0.1, 0.15) is 5.75 Å². The van der Waals surface area contributed by atoms with Gasteiger partial charge in [0.05, 0.1) is 11.3 Å². The molecule has 4 heteroatoms. The smallest absolute Gasteiger partial charge is 0.137 e. The summed E-state index contributed by atoms with van der Waals surface area (Å²) in [5.41, 5.74) is 6.47. The van der Waals surface area contributed by atoms with Crippen molar-refractivity contribution in [3.8, 4) is 5.75 Å². The maximum absolute atomic E-state index is 5.76. The van der Waals surface area contributed by atoms with Crippen LogP contribution in [0.25, 0.3) is 10.1 Å². The first-order chi connectivity index (χ1) is 6.74. The van der Waals surface area contributed by atoms with Crippen LogP contribution in [0, 0.1) is 0 Å². The molecule has 2 N–H and O–H groups in total. The minimum absolute atomic E-state index is 0.679. The van der Waals surface area contributed by atoms with Crippen molar-refractivity contribution in [2.45, 2.75) is 11.8 Å². The first-order valence-corrected chi connectivity index (χ1v) is 5.68. The fraction of sp³-hybridized carbons (Fsp3) is 0.200. The maximum atomic E-state index is 5.76. The molecule has 2 nitrogen and oxygen atoms in total. The van der Waals surface area contributed by atoms with Gasteiger partial charge in [-0.1, -0.05) is 0 Å². The lowest BCUT2D eigenvalue weighted by Gasteiger charge is -2.02. The molecular formula is C10H11NOS2. The predicted molar refractivity (Wildman–Crippen MR) is 64.7 cm³/mol. The molecule has 0 aliphatic rings. The van der Waals surface area contributed by atoms with Crippen LogP contribution in [0.5, 0.6) is 5.75 Å². The van der Waals surface area contributed by atoms with E-state index in [0.29, 0.717) is 12.3 Å². The lowest BCUT2D eigenvalue weighted by atomic mass is 10.2. The SMILES string of the molecule is CCOc1csc2c(S)c(N)ccc12. The van der Waals surface area contributed by atoms with Gasteiger partial charge in [-0.2, -0.15) is 0 Å². The topological polar surface area (TPSA) is 35.2 Å². The second-order valence-electron chi connectivity index (χ2n) is 2.91. The molecule has 1 aromatic heterocycles. The lowest BCUT2D eigenvalue weighted by molar-refractivity contribution is 0.345. The number of nitrogens with two attached hydrogens (primary N) is 1. The highest BCUT2D eigenvalue weighted by Crippen LogP contribution is 2.38. The Morgan fingerprint density at radius 2 is 2.29 bits per heavy atom. The second-order valence-corrected chi connectivity index (χ2v) is 4.24. The largest absolute Gasteiger partial charge is 0.492 e. The molecule has 2 rings (SSSR count). The van der Waals surface area contributed by atoms with Gasteiger partial charge in [-0.15, -0.1) is 24.0 Å². The van der Waals surface area contributed by atoms with Crippen LogP contribution in [-0.2, 0) is 0 Å². The van der Waals surface area contributed by atoms with E-state index in [9.17, 15) is 0 Å². The molecule has 0 saturated heterocycles. The Bertz CT molecular complexity index is 464. The first kappa shape index (κ1) is 9.68. The predicted octanol–water partition coefficient (Wildman–Crippen LogP) is 3.17. The van der Waals surface area contributed by atoms with Gasteiger partial charge in [0.25, 0.3) is 0 Å². The fourth-order valence-electron chi connectivity index (χ4n) is 1.34. The van der Waals surface area contributed by atoms with E-state index < -0.39 is 0 Å². The fourth-order valence-corrected chi connectivity index (χ4v) is 2.64. The molecule has 0 bridgehead atoms. The number of fused-ring (bicyclic) bond motifs is 1. The van der Waals surface area contributed by atoms with Crippen molar-refractivity contribution in [1.29, 1.82) is 0 Å². The van der Waals surface area contributed by atoms with Crippen LogP contribution in [0.15, 0.2) is 22.4 Å². The molecule has 14 heavy (non-hydrogen) atoms. The molecule has 0 radical (unpaired) electrons. The number of ether oxygens (including phenoxy) is 1. The Labute approximate surface area is 92.1 Å². The first-order valence-electron chi connectivity index (χ1n) is 4.35. The molecular weight excluding hydrogens is 214 g/mol. The molecule has 1 heterocycles. The Kier molecular flexibility index (Phi) is 2.56. The molecule has 0 amide bonds. The summed E-state index contributed by atoms with van der Waals surface area (Å²) >= 11 is 5.99. The van der Waals surface area contributed by atoms with Crippen molar-refractivity contribution in [1.82, 2.24) is 0 Å². The minimum Gasteiger partial charge on any atom is -0.492 e. The van der Waals surface area contributed by atoms with Gasteiger partial charge >= 0.3 is 0 Å². The summed E-state index contributed by atoms with van der Waals surface area (Å²) < 4.78 is 6.58. The van der Waals surface area contributed by atoms with Crippen LogP contribution in [-0.4, -0.2) is 6.61 Å². The summed E-state index contributed by atoms with van der Waals surface area (Å²) in [6.45, 7) is 2.65. The van der Waals surface area contributed by atoms with E-state index in [4.69, 9.17) is 10.5 Å². The summed E-state index contributed by atoms with van der Waals surface area (Å²) in [4.78, 5) is 0.846. The third-order valence-electron chi connectivity index (χ3n) is 2.01. The number of hydrogen-bond acceptors (Lipinski definition) is 4. The van der Waals surface area contributed by atoms with Crippen molar-refractivity contribution < 1.29 is 4.74 Å². The average molecular weight is 225 g/mol. The second kappa shape index (κ2) is 3.71. The molecule has 0 aliphatic carbocycles. The van der Waals surface area contributed by atoms with Crippen LogP contribution < -0.4 is 10.5 Å². The van der Waals surface area contributed by atoms with E-state index in [-0.39, 0.29) is 0 Å². The van der Waals surface area contributed by atoms with Crippen LogP contribution >= 0.6 is 24.0 Å². The summed E-state index contributed by atoms with van der Waals surface area (Å²) in [5.74, 6) is 0.919. The van der Waals surface area contributed by atoms with Crippen LogP contribution in [0.1, 0.15) is 6.92 Å². The minimum atomic E-state index is 0.679. The highest BCUT2D eigenvalue weighted by molar-refractivity contribution is 7.81. The van der Waals surface area contributed by atoms with Crippen molar-refractivity contribution in [3.63, 3.8) is 0 Å². The van der Waals surface area contributed by atoms with Gasteiger partial charge in [0, 0.05) is 21.3 Å². The van der Waals surface area contributed by atoms with E-state index in [1.165, 1.54) is 0 Å². The van der Waals surface area contributed by atoms with Crippen molar-refractivity contribution >= 4 is 39.7 Å². The van der Waals surface area contributed by atoms with Gasteiger partial charge in [-0.25, -0.2) is 0 Å². The summed E-state index contributed by atoms with van der Waals surface area (Å²) in [7, 11) is 0. The maximum Gasteiger partial charge on any atom is 0.137 e. The third kappa shape index (κ3) is 1.44. The van der Waals surface area contributed by atoms with Crippen molar-refractivity contribution in [2.24, 2.45) is 0 Å². The van der Waals surface area contributed by atoms with Gasteiger partial charge in [-0.05, 0) is 19.1 Å². The zero-order chi connectivity index (χ0) is 10.1. The molecule has 0 unspecified atom stereocenters. The van der Waals surface area contributed by atoms with Crippen LogP contribution in [0.4, 0.5) is 5.69 Å². The van der Waals surface area contributed by atoms with Gasteiger partial charge in [0.15, 0.2) is 0 Å². The highest BCUT2D eigenvalue weighted by atomic mass is 32.1. The van der Waals surface area contributed by atoms with Crippen molar-refractivity contribution in [2.75, 3.05) is 12.3 Å². The molecule has 1 aromatic carbocycles. The van der Waals surface area contributed by atoms with Crippen molar-refractivity contribution in [3.05, 3.63) is 17.5 Å². The van der Waals surface area contributed by atoms with E-state index >= 15 is 0 Å². The molecule has 0 saturated carbocycles. The van der Waals surface area contributed by atoms with Gasteiger partial charge in [0.2, 0.25) is 0 Å². The summed E-state index contributed by atoms with van der Waals surface area (Å²) in [5, 5.41) is 3.09. The van der Waals surface area contributed by atoms with E-state index in [0.717, 1.165) is 20.7 Å². The lowest BCUT2D eigenvalue weighted by Crippen LogP contribution is -1.90. The van der Waals surface area contributed by atoms with Gasteiger partial charge < -0.3 is 10.5 Å². The summed E-state index contributed by atoms with van der Waals surface area (Å²) in [6, 6.07) is 3.84. The Balaban J connectivity index is 2.64. The highest BCUT2D eigenvalue weighted by Gasteiger charge is 2.08. The van der Waals surface area contributed by atoms with Crippen LogP contribution in [0.3, 0.4) is 0 Å². The number of nitrogen functional groups attached to an aromatic ring is 1. The van der Waals surface area contributed by atoms with E-state index in [1.807, 2.05) is 24.4 Å². The van der Waals surface area contributed by atoms with Crippen LogP contribution in [0.2, 0.25) is 0 Å². The Morgan fingerprint density at radius 1 is 1.50 bits per heavy atom. The number of rotatable bonds is 2. The molecule has 0 spiro atoms. The van der Waals surface area contributed by atoms with E-state index in [1.54, 1.807) is 11.3 Å². The van der Waals surface area contributed by atoms with E-state index in [2.05, 4.69) is 12.6 Å². The Morgan fingerprint density at radius 3 is 3.00 bits per heavy atom. The zero-order valence-electron chi connectivity index (χ0n) is 7.78. The molecule has 0 aliphatic heterocycles. The number of anilines is 1. The average Bonchev–Trinajstić information content (AvgIpc) is 2.57. The number of thiophene rings is 1. The molecule has 0 fully saturated rings. The number of hydrogen-bond donors (Lipinski definition) is 2. The normalized spacial score (nSPS) is 10.7.